The maximum atomic E-state index is 9.40. The van der Waals surface area contributed by atoms with E-state index in [1.807, 2.05) is 4.90 Å². The molecule has 1 aliphatic heterocycles. The minimum atomic E-state index is -0.697. The number of nitrogens with zero attached hydrogens (tertiary/aromatic N) is 5. The fraction of sp³-hybridized carbons (Fsp3) is 0.583. The van der Waals surface area contributed by atoms with E-state index in [0.29, 0.717) is 17.9 Å². The van der Waals surface area contributed by atoms with E-state index in [1.54, 1.807) is 6.07 Å². The molecule has 2 heterocycles. The predicted octanol–water partition coefficient (Wildman–Crippen LogP) is -1.18. The molecule has 1 unspecified atom stereocenters. The Balaban J connectivity index is 1.95. The second-order valence-electron chi connectivity index (χ2n) is 4.50. The number of aliphatic hydroxyl groups is 2. The summed E-state index contributed by atoms with van der Waals surface area (Å²) in [5, 5.41) is 35.1. The highest BCUT2D eigenvalue weighted by atomic mass is 16.3. The van der Waals surface area contributed by atoms with Crippen molar-refractivity contribution in [2.75, 3.05) is 44.2 Å². The van der Waals surface area contributed by atoms with Crippen LogP contribution in [0.5, 0.6) is 0 Å². The summed E-state index contributed by atoms with van der Waals surface area (Å²) in [6.45, 7) is 3.23. The average molecular weight is 263 g/mol. The first-order chi connectivity index (χ1) is 9.24. The van der Waals surface area contributed by atoms with Crippen LogP contribution in [0.15, 0.2) is 12.3 Å². The Morgan fingerprint density at radius 1 is 1.37 bits per heavy atom. The molecule has 19 heavy (non-hydrogen) atoms. The lowest BCUT2D eigenvalue weighted by atomic mass is 10.2. The molecule has 0 bridgehead atoms. The van der Waals surface area contributed by atoms with Crippen molar-refractivity contribution in [2.45, 2.75) is 6.10 Å². The van der Waals surface area contributed by atoms with Crippen LogP contribution in [0.3, 0.4) is 0 Å². The molecule has 2 rings (SSSR count). The quantitative estimate of drug-likeness (QED) is 0.706. The number of anilines is 1. The smallest absolute Gasteiger partial charge is 0.169 e. The number of hydrogen-bond acceptors (Lipinski definition) is 7. The Morgan fingerprint density at radius 2 is 2.11 bits per heavy atom. The fourth-order valence-electron chi connectivity index (χ4n) is 2.14. The number of rotatable bonds is 4. The Bertz CT molecular complexity index is 454. The summed E-state index contributed by atoms with van der Waals surface area (Å²) in [6, 6.07) is 3.77. The van der Waals surface area contributed by atoms with Crippen LogP contribution < -0.4 is 4.90 Å². The molecule has 7 heteroatoms. The Hall–Kier alpha value is -1.75. The molecule has 1 fully saturated rings. The van der Waals surface area contributed by atoms with E-state index in [2.05, 4.69) is 21.2 Å². The van der Waals surface area contributed by atoms with E-state index >= 15 is 0 Å². The zero-order chi connectivity index (χ0) is 13.7. The predicted molar refractivity (Wildman–Crippen MR) is 68.5 cm³/mol. The van der Waals surface area contributed by atoms with Crippen molar-refractivity contribution in [3.8, 4) is 6.07 Å². The zero-order valence-corrected chi connectivity index (χ0v) is 10.6. The third-order valence-corrected chi connectivity index (χ3v) is 3.17. The summed E-state index contributed by atoms with van der Waals surface area (Å²) in [7, 11) is 0. The van der Waals surface area contributed by atoms with Crippen LogP contribution in [0.25, 0.3) is 0 Å². The molecule has 0 spiro atoms. The summed E-state index contributed by atoms with van der Waals surface area (Å²) < 4.78 is 0. The molecule has 1 aromatic heterocycles. The average Bonchev–Trinajstić information content (AvgIpc) is 2.48. The van der Waals surface area contributed by atoms with Crippen LogP contribution in [-0.2, 0) is 0 Å². The van der Waals surface area contributed by atoms with Crippen molar-refractivity contribution < 1.29 is 10.2 Å². The summed E-state index contributed by atoms with van der Waals surface area (Å²) >= 11 is 0. The van der Waals surface area contributed by atoms with Gasteiger partial charge in [0.15, 0.2) is 5.82 Å². The van der Waals surface area contributed by atoms with Crippen LogP contribution in [0, 0.1) is 11.3 Å². The molecule has 0 aromatic carbocycles. The molecule has 1 aliphatic rings. The lowest BCUT2D eigenvalue weighted by Gasteiger charge is -2.36. The minimum absolute atomic E-state index is 0.219. The molecule has 0 aliphatic carbocycles. The largest absolute Gasteiger partial charge is 0.394 e. The third kappa shape index (κ3) is 3.38. The molecule has 0 saturated carbocycles. The van der Waals surface area contributed by atoms with Crippen molar-refractivity contribution >= 4 is 5.82 Å². The van der Waals surface area contributed by atoms with Crippen molar-refractivity contribution in [2.24, 2.45) is 0 Å². The maximum Gasteiger partial charge on any atom is 0.169 e. The molecule has 7 nitrogen and oxygen atoms in total. The Labute approximate surface area is 111 Å². The van der Waals surface area contributed by atoms with E-state index in [1.165, 1.54) is 6.20 Å². The van der Waals surface area contributed by atoms with Crippen LogP contribution in [0.4, 0.5) is 5.82 Å². The van der Waals surface area contributed by atoms with Gasteiger partial charge in [0.25, 0.3) is 0 Å². The number of aliphatic hydroxyl groups excluding tert-OH is 2. The SMILES string of the molecule is N#Cc1ccnnc1N1CCN(CC(O)CO)CC1. The Morgan fingerprint density at radius 3 is 2.74 bits per heavy atom. The van der Waals surface area contributed by atoms with Gasteiger partial charge in [-0.15, -0.1) is 5.10 Å². The fourth-order valence-corrected chi connectivity index (χ4v) is 2.14. The van der Waals surface area contributed by atoms with Crippen LogP contribution >= 0.6 is 0 Å². The lowest BCUT2D eigenvalue weighted by molar-refractivity contribution is 0.0574. The first-order valence-electron chi connectivity index (χ1n) is 6.22. The molecule has 0 amide bonds. The second kappa shape index (κ2) is 6.43. The Kier molecular flexibility index (Phi) is 4.63. The molecule has 2 N–H and O–H groups in total. The topological polar surface area (TPSA) is 96.5 Å². The van der Waals surface area contributed by atoms with Crippen molar-refractivity contribution in [3.63, 3.8) is 0 Å². The van der Waals surface area contributed by atoms with Gasteiger partial charge in [0.05, 0.1) is 24.5 Å². The standard InChI is InChI=1S/C12H17N5O2/c13-7-10-1-2-14-15-12(10)17-5-3-16(4-6-17)8-11(19)9-18/h1-2,11,18-19H,3-6,8-9H2. The van der Waals surface area contributed by atoms with Gasteiger partial charge in [-0.25, -0.2) is 0 Å². The zero-order valence-electron chi connectivity index (χ0n) is 10.6. The molecule has 102 valence electrons. The van der Waals surface area contributed by atoms with E-state index in [9.17, 15) is 5.11 Å². The number of hydrogen-bond donors (Lipinski definition) is 2. The van der Waals surface area contributed by atoms with Gasteiger partial charge in [-0.3, -0.25) is 4.90 Å². The van der Waals surface area contributed by atoms with Gasteiger partial charge >= 0.3 is 0 Å². The number of aromatic nitrogens is 2. The lowest BCUT2D eigenvalue weighted by Crippen LogP contribution is -2.49. The van der Waals surface area contributed by atoms with Gasteiger partial charge in [0.1, 0.15) is 6.07 Å². The molecule has 1 saturated heterocycles. The van der Waals surface area contributed by atoms with Gasteiger partial charge in [-0.05, 0) is 6.07 Å². The van der Waals surface area contributed by atoms with Gasteiger partial charge in [-0.2, -0.15) is 10.4 Å². The van der Waals surface area contributed by atoms with Crippen molar-refractivity contribution in [3.05, 3.63) is 17.8 Å². The van der Waals surface area contributed by atoms with E-state index in [-0.39, 0.29) is 6.61 Å². The monoisotopic (exact) mass is 263 g/mol. The van der Waals surface area contributed by atoms with Gasteiger partial charge in [0.2, 0.25) is 0 Å². The highest BCUT2D eigenvalue weighted by Gasteiger charge is 2.21. The summed E-state index contributed by atoms with van der Waals surface area (Å²) in [4.78, 5) is 4.10. The van der Waals surface area contributed by atoms with E-state index in [0.717, 1.165) is 26.2 Å². The van der Waals surface area contributed by atoms with Crippen molar-refractivity contribution in [1.29, 1.82) is 5.26 Å². The normalized spacial score (nSPS) is 18.1. The van der Waals surface area contributed by atoms with Crippen LogP contribution in [-0.4, -0.2) is 70.7 Å². The highest BCUT2D eigenvalue weighted by molar-refractivity contribution is 5.52. The van der Waals surface area contributed by atoms with Gasteiger partial charge in [0, 0.05) is 32.7 Å². The van der Waals surface area contributed by atoms with Gasteiger partial charge < -0.3 is 15.1 Å². The van der Waals surface area contributed by atoms with Crippen molar-refractivity contribution in [1.82, 2.24) is 15.1 Å². The minimum Gasteiger partial charge on any atom is -0.394 e. The highest BCUT2D eigenvalue weighted by Crippen LogP contribution is 2.17. The van der Waals surface area contributed by atoms with Gasteiger partial charge in [-0.1, -0.05) is 0 Å². The molecule has 1 atom stereocenters. The molecule has 1 aromatic rings. The maximum absolute atomic E-state index is 9.40. The van der Waals surface area contributed by atoms with Crippen LogP contribution in [0.1, 0.15) is 5.56 Å². The molecular weight excluding hydrogens is 246 g/mol. The summed E-state index contributed by atoms with van der Waals surface area (Å²) in [5.41, 5.74) is 0.527. The third-order valence-electron chi connectivity index (χ3n) is 3.17. The first-order valence-corrected chi connectivity index (χ1v) is 6.22. The first kappa shape index (κ1) is 13.7. The van der Waals surface area contributed by atoms with E-state index < -0.39 is 6.10 Å². The number of β-amino-alcohol motifs (C(OH)–C–C–N with tert-alkyl or cyclic N) is 1. The summed E-state index contributed by atoms with van der Waals surface area (Å²) in [6.07, 6.45) is 0.813. The summed E-state index contributed by atoms with van der Waals surface area (Å²) in [5.74, 6) is 0.618. The number of nitriles is 1. The van der Waals surface area contributed by atoms with Crippen LogP contribution in [0.2, 0.25) is 0 Å². The second-order valence-corrected chi connectivity index (χ2v) is 4.50. The molecular formula is C12H17N5O2. The molecule has 0 radical (unpaired) electrons. The number of piperazine rings is 1. The van der Waals surface area contributed by atoms with E-state index in [4.69, 9.17) is 10.4 Å².